The number of sulfonamides is 1. The van der Waals surface area contributed by atoms with Crippen LogP contribution >= 0.6 is 15.9 Å². The van der Waals surface area contributed by atoms with Gasteiger partial charge in [0.15, 0.2) is 0 Å². The number of benzene rings is 1. The van der Waals surface area contributed by atoms with Gasteiger partial charge >= 0.3 is 5.97 Å². The molecule has 0 amide bonds. The standard InChI is InChI=1S/C12H14BrNO5S/c1-19-9-5-8(13)6-10(7-9)20(17,18)14-4-2-3-11(14)12(15)16/h5-7,11H,2-4H2,1H3,(H,15,16)/t11-/m1/s1. The van der Waals surface area contributed by atoms with Crippen molar-refractivity contribution in [3.05, 3.63) is 22.7 Å². The van der Waals surface area contributed by atoms with E-state index in [1.54, 1.807) is 6.07 Å². The molecule has 0 spiro atoms. The Bertz CT molecular complexity index is 631. The van der Waals surface area contributed by atoms with E-state index in [1.165, 1.54) is 19.2 Å². The van der Waals surface area contributed by atoms with Crippen molar-refractivity contribution in [1.29, 1.82) is 0 Å². The van der Waals surface area contributed by atoms with Crippen molar-refractivity contribution in [2.75, 3.05) is 13.7 Å². The minimum Gasteiger partial charge on any atom is -0.497 e. The van der Waals surface area contributed by atoms with Gasteiger partial charge in [-0.2, -0.15) is 4.31 Å². The molecule has 20 heavy (non-hydrogen) atoms. The molecule has 1 aromatic rings. The van der Waals surface area contributed by atoms with Gasteiger partial charge in [0.25, 0.3) is 0 Å². The molecule has 1 N–H and O–H groups in total. The first-order valence-electron chi connectivity index (χ1n) is 5.95. The maximum absolute atomic E-state index is 12.6. The second-order valence-electron chi connectivity index (χ2n) is 4.44. The summed E-state index contributed by atoms with van der Waals surface area (Å²) in [6, 6.07) is 3.47. The molecule has 1 heterocycles. The van der Waals surface area contributed by atoms with Crippen molar-refractivity contribution < 1.29 is 23.1 Å². The van der Waals surface area contributed by atoms with Gasteiger partial charge in [0, 0.05) is 17.1 Å². The molecular weight excluding hydrogens is 350 g/mol. The van der Waals surface area contributed by atoms with Crippen LogP contribution in [-0.2, 0) is 14.8 Å². The van der Waals surface area contributed by atoms with E-state index < -0.39 is 22.0 Å². The Morgan fingerprint density at radius 3 is 2.75 bits per heavy atom. The number of nitrogens with zero attached hydrogens (tertiary/aromatic N) is 1. The van der Waals surface area contributed by atoms with Crippen molar-refractivity contribution in [3.8, 4) is 5.75 Å². The minimum absolute atomic E-state index is 0.0249. The van der Waals surface area contributed by atoms with E-state index in [4.69, 9.17) is 9.84 Å². The van der Waals surface area contributed by atoms with Crippen LogP contribution in [0.5, 0.6) is 5.75 Å². The molecule has 1 atom stereocenters. The van der Waals surface area contributed by atoms with Crippen molar-refractivity contribution in [2.24, 2.45) is 0 Å². The predicted octanol–water partition coefficient (Wildman–Crippen LogP) is 1.70. The molecule has 1 saturated heterocycles. The van der Waals surface area contributed by atoms with Gasteiger partial charge in [-0.05, 0) is 25.0 Å². The molecule has 0 bridgehead atoms. The summed E-state index contributed by atoms with van der Waals surface area (Å²) in [7, 11) is -2.41. The molecule has 0 aliphatic carbocycles. The lowest BCUT2D eigenvalue weighted by molar-refractivity contribution is -0.140. The monoisotopic (exact) mass is 363 g/mol. The highest BCUT2D eigenvalue weighted by molar-refractivity contribution is 9.10. The summed E-state index contributed by atoms with van der Waals surface area (Å²) >= 11 is 3.22. The normalized spacial score (nSPS) is 20.0. The fraction of sp³-hybridized carbons (Fsp3) is 0.417. The van der Waals surface area contributed by atoms with Gasteiger partial charge in [0.2, 0.25) is 10.0 Å². The van der Waals surface area contributed by atoms with Crippen molar-refractivity contribution in [1.82, 2.24) is 4.31 Å². The summed E-state index contributed by atoms with van der Waals surface area (Å²) in [6.07, 6.45) is 0.876. The number of rotatable bonds is 4. The van der Waals surface area contributed by atoms with Gasteiger partial charge in [-0.1, -0.05) is 15.9 Å². The van der Waals surface area contributed by atoms with E-state index in [0.29, 0.717) is 23.1 Å². The molecule has 0 unspecified atom stereocenters. The highest BCUT2D eigenvalue weighted by Crippen LogP contribution is 2.30. The number of hydrogen-bond acceptors (Lipinski definition) is 4. The van der Waals surface area contributed by atoms with Crippen molar-refractivity contribution in [2.45, 2.75) is 23.8 Å². The number of aliphatic carboxylic acids is 1. The van der Waals surface area contributed by atoms with Gasteiger partial charge < -0.3 is 9.84 Å². The van der Waals surface area contributed by atoms with E-state index in [1.807, 2.05) is 0 Å². The highest BCUT2D eigenvalue weighted by Gasteiger charge is 2.39. The zero-order chi connectivity index (χ0) is 14.9. The van der Waals surface area contributed by atoms with Gasteiger partial charge in [-0.15, -0.1) is 0 Å². The lowest BCUT2D eigenvalue weighted by Crippen LogP contribution is -2.40. The van der Waals surface area contributed by atoms with E-state index in [2.05, 4.69) is 15.9 Å². The molecule has 2 rings (SSSR count). The number of methoxy groups -OCH3 is 1. The zero-order valence-electron chi connectivity index (χ0n) is 10.7. The summed E-state index contributed by atoms with van der Waals surface area (Å²) in [5, 5.41) is 9.11. The quantitative estimate of drug-likeness (QED) is 0.879. The molecule has 6 nitrogen and oxygen atoms in total. The Hall–Kier alpha value is -1.12. The van der Waals surface area contributed by atoms with Crippen molar-refractivity contribution >= 4 is 31.9 Å². The van der Waals surface area contributed by atoms with Gasteiger partial charge in [0.1, 0.15) is 11.8 Å². The zero-order valence-corrected chi connectivity index (χ0v) is 13.1. The summed E-state index contributed by atoms with van der Waals surface area (Å²) < 4.78 is 31.7. The molecule has 1 aliphatic rings. The summed E-state index contributed by atoms with van der Waals surface area (Å²) in [4.78, 5) is 11.2. The fourth-order valence-electron chi connectivity index (χ4n) is 2.21. The van der Waals surface area contributed by atoms with Crippen LogP contribution in [0.25, 0.3) is 0 Å². The molecule has 0 aromatic heterocycles. The van der Waals surface area contributed by atoms with E-state index in [9.17, 15) is 13.2 Å². The van der Waals surface area contributed by atoms with Gasteiger partial charge in [0.05, 0.1) is 12.0 Å². The topological polar surface area (TPSA) is 83.9 Å². The number of carboxylic acids is 1. The van der Waals surface area contributed by atoms with E-state index in [0.717, 1.165) is 4.31 Å². The maximum Gasteiger partial charge on any atom is 0.322 e. The Morgan fingerprint density at radius 1 is 1.45 bits per heavy atom. The number of carboxylic acid groups (broad SMARTS) is 1. The first kappa shape index (κ1) is 15.3. The van der Waals surface area contributed by atoms with Crippen LogP contribution in [0, 0.1) is 0 Å². The SMILES string of the molecule is COc1cc(Br)cc(S(=O)(=O)N2CCC[C@@H]2C(=O)O)c1. The molecule has 110 valence electrons. The maximum atomic E-state index is 12.6. The van der Waals surface area contributed by atoms with Crippen LogP contribution in [0.3, 0.4) is 0 Å². The molecule has 1 fully saturated rings. The molecule has 1 aliphatic heterocycles. The molecule has 8 heteroatoms. The van der Waals surface area contributed by atoms with Crippen LogP contribution in [0.2, 0.25) is 0 Å². The number of halogens is 1. The Kier molecular flexibility index (Phi) is 4.36. The van der Waals surface area contributed by atoms with Gasteiger partial charge in [-0.25, -0.2) is 8.42 Å². The number of ether oxygens (including phenoxy) is 1. The lowest BCUT2D eigenvalue weighted by Gasteiger charge is -2.21. The average Bonchev–Trinajstić information content (AvgIpc) is 2.88. The lowest BCUT2D eigenvalue weighted by atomic mass is 10.2. The fourth-order valence-corrected chi connectivity index (χ4v) is 4.55. The largest absolute Gasteiger partial charge is 0.497 e. The van der Waals surface area contributed by atoms with Crippen LogP contribution in [0.1, 0.15) is 12.8 Å². The van der Waals surface area contributed by atoms with Crippen LogP contribution in [-0.4, -0.2) is 43.5 Å². The van der Waals surface area contributed by atoms with Crippen LogP contribution in [0.4, 0.5) is 0 Å². The Morgan fingerprint density at radius 2 is 2.15 bits per heavy atom. The van der Waals surface area contributed by atoms with Crippen LogP contribution in [0.15, 0.2) is 27.6 Å². The third-order valence-corrected chi connectivity index (χ3v) is 5.52. The average molecular weight is 364 g/mol. The minimum atomic E-state index is -3.85. The third kappa shape index (κ3) is 2.82. The second-order valence-corrected chi connectivity index (χ2v) is 7.25. The van der Waals surface area contributed by atoms with Crippen molar-refractivity contribution in [3.63, 3.8) is 0 Å². The number of hydrogen-bond donors (Lipinski definition) is 1. The summed E-state index contributed by atoms with van der Waals surface area (Å²) in [5.74, 6) is -0.725. The molecule has 0 saturated carbocycles. The Balaban J connectivity index is 2.44. The molecule has 1 aromatic carbocycles. The highest BCUT2D eigenvalue weighted by atomic mass is 79.9. The first-order valence-corrected chi connectivity index (χ1v) is 8.19. The van der Waals surface area contributed by atoms with Crippen LogP contribution < -0.4 is 4.74 Å². The second kappa shape index (κ2) is 5.71. The first-order chi connectivity index (χ1) is 9.36. The Labute approximate surface area is 125 Å². The summed E-state index contributed by atoms with van der Waals surface area (Å²) in [6.45, 7) is 0.216. The van der Waals surface area contributed by atoms with Gasteiger partial charge in [-0.3, -0.25) is 4.79 Å². The van der Waals surface area contributed by atoms with E-state index in [-0.39, 0.29) is 11.4 Å². The molecular formula is C12H14BrNO5S. The number of carbonyl (C=O) groups is 1. The predicted molar refractivity (Wildman–Crippen MR) is 75.2 cm³/mol. The molecule has 0 radical (unpaired) electrons. The van der Waals surface area contributed by atoms with E-state index >= 15 is 0 Å². The third-order valence-electron chi connectivity index (χ3n) is 3.18. The summed E-state index contributed by atoms with van der Waals surface area (Å²) in [5.41, 5.74) is 0. The smallest absolute Gasteiger partial charge is 0.322 e.